The molecule has 0 aromatic heterocycles. The van der Waals surface area contributed by atoms with Crippen molar-refractivity contribution in [3.8, 4) is 0 Å². The van der Waals surface area contributed by atoms with E-state index in [-0.39, 0.29) is 6.42 Å². The molecule has 0 aliphatic rings. The SMILES string of the molecule is Cc1ccc(Nc2ccc(C)c(Br)c2)c(CC(=O)O)c1. The first-order chi connectivity index (χ1) is 9.45. The molecule has 0 atom stereocenters. The molecule has 0 unspecified atom stereocenters. The van der Waals surface area contributed by atoms with Crippen LogP contribution in [0.5, 0.6) is 0 Å². The van der Waals surface area contributed by atoms with Gasteiger partial charge in [0, 0.05) is 15.8 Å². The summed E-state index contributed by atoms with van der Waals surface area (Å²) < 4.78 is 1.02. The van der Waals surface area contributed by atoms with Crippen LogP contribution in [0.25, 0.3) is 0 Å². The summed E-state index contributed by atoms with van der Waals surface area (Å²) in [6.45, 7) is 3.98. The van der Waals surface area contributed by atoms with E-state index in [9.17, 15) is 4.79 Å². The van der Waals surface area contributed by atoms with Gasteiger partial charge in [0.05, 0.1) is 6.42 Å². The topological polar surface area (TPSA) is 49.3 Å². The highest BCUT2D eigenvalue weighted by molar-refractivity contribution is 9.10. The summed E-state index contributed by atoms with van der Waals surface area (Å²) in [5.74, 6) is -0.830. The Morgan fingerprint density at radius 1 is 1.20 bits per heavy atom. The highest BCUT2D eigenvalue weighted by atomic mass is 79.9. The Morgan fingerprint density at radius 3 is 2.60 bits per heavy atom. The van der Waals surface area contributed by atoms with Gasteiger partial charge >= 0.3 is 5.97 Å². The molecule has 0 saturated heterocycles. The molecular formula is C16H16BrNO2. The van der Waals surface area contributed by atoms with Gasteiger partial charge in [-0.05, 0) is 43.2 Å². The third-order valence-electron chi connectivity index (χ3n) is 3.05. The number of carbonyl (C=O) groups is 1. The van der Waals surface area contributed by atoms with Crippen LogP contribution in [-0.2, 0) is 11.2 Å². The molecule has 2 rings (SSSR count). The number of carboxylic acids is 1. The lowest BCUT2D eigenvalue weighted by Crippen LogP contribution is -2.04. The minimum absolute atomic E-state index is 0.0110. The standard InChI is InChI=1S/C16H16BrNO2/c1-10-3-6-15(12(7-10)8-16(19)20)18-13-5-4-11(2)14(17)9-13/h3-7,9,18H,8H2,1-2H3,(H,19,20). The highest BCUT2D eigenvalue weighted by Gasteiger charge is 2.08. The maximum Gasteiger partial charge on any atom is 0.307 e. The molecule has 0 spiro atoms. The van der Waals surface area contributed by atoms with Crippen molar-refractivity contribution < 1.29 is 9.90 Å². The summed E-state index contributed by atoms with van der Waals surface area (Å²) in [6, 6.07) is 11.8. The van der Waals surface area contributed by atoms with Gasteiger partial charge < -0.3 is 10.4 Å². The summed E-state index contributed by atoms with van der Waals surface area (Å²) in [4.78, 5) is 10.9. The molecule has 2 aromatic carbocycles. The van der Waals surface area contributed by atoms with Crippen molar-refractivity contribution in [2.24, 2.45) is 0 Å². The predicted octanol–water partition coefficient (Wildman–Crippen LogP) is 4.44. The Bertz CT molecular complexity index is 653. The first-order valence-electron chi connectivity index (χ1n) is 6.30. The molecule has 0 fully saturated rings. The van der Waals surface area contributed by atoms with Gasteiger partial charge in [0.1, 0.15) is 0 Å². The largest absolute Gasteiger partial charge is 0.481 e. The molecule has 0 amide bonds. The number of rotatable bonds is 4. The molecule has 0 heterocycles. The zero-order chi connectivity index (χ0) is 14.7. The van der Waals surface area contributed by atoms with E-state index in [1.807, 2.05) is 50.2 Å². The molecule has 0 aliphatic heterocycles. The number of nitrogens with one attached hydrogen (secondary N) is 1. The molecule has 4 heteroatoms. The van der Waals surface area contributed by atoms with Gasteiger partial charge in [-0.15, -0.1) is 0 Å². The van der Waals surface area contributed by atoms with Crippen LogP contribution in [0.4, 0.5) is 11.4 Å². The molecule has 20 heavy (non-hydrogen) atoms. The van der Waals surface area contributed by atoms with Gasteiger partial charge in [0.25, 0.3) is 0 Å². The van der Waals surface area contributed by atoms with Crippen LogP contribution < -0.4 is 5.32 Å². The van der Waals surface area contributed by atoms with Crippen LogP contribution in [0.3, 0.4) is 0 Å². The number of hydrogen-bond acceptors (Lipinski definition) is 2. The van der Waals surface area contributed by atoms with Gasteiger partial charge in [-0.3, -0.25) is 4.79 Å². The van der Waals surface area contributed by atoms with E-state index in [4.69, 9.17) is 5.11 Å². The van der Waals surface area contributed by atoms with Crippen molar-refractivity contribution in [1.82, 2.24) is 0 Å². The molecule has 2 aromatic rings. The average molecular weight is 334 g/mol. The maximum atomic E-state index is 10.9. The Balaban J connectivity index is 2.32. The van der Waals surface area contributed by atoms with Gasteiger partial charge in [0.2, 0.25) is 0 Å². The Hall–Kier alpha value is -1.81. The van der Waals surface area contributed by atoms with Gasteiger partial charge in [0.15, 0.2) is 0 Å². The minimum Gasteiger partial charge on any atom is -0.481 e. The second kappa shape index (κ2) is 6.09. The van der Waals surface area contributed by atoms with E-state index in [0.29, 0.717) is 0 Å². The normalized spacial score (nSPS) is 10.3. The van der Waals surface area contributed by atoms with Crippen LogP contribution in [0, 0.1) is 13.8 Å². The third-order valence-corrected chi connectivity index (χ3v) is 3.91. The number of hydrogen-bond donors (Lipinski definition) is 2. The predicted molar refractivity (Wildman–Crippen MR) is 84.7 cm³/mol. The van der Waals surface area contributed by atoms with Crippen molar-refractivity contribution in [1.29, 1.82) is 0 Å². The van der Waals surface area contributed by atoms with Gasteiger partial charge in [-0.1, -0.05) is 39.7 Å². The number of aryl methyl sites for hydroxylation is 2. The molecule has 0 radical (unpaired) electrons. The van der Waals surface area contributed by atoms with Crippen molar-refractivity contribution in [3.63, 3.8) is 0 Å². The first kappa shape index (κ1) is 14.6. The number of halogens is 1. The molecule has 0 saturated carbocycles. The van der Waals surface area contributed by atoms with Crippen molar-refractivity contribution in [2.75, 3.05) is 5.32 Å². The van der Waals surface area contributed by atoms with E-state index in [1.165, 1.54) is 0 Å². The minimum atomic E-state index is -0.830. The van der Waals surface area contributed by atoms with E-state index in [1.54, 1.807) is 0 Å². The summed E-state index contributed by atoms with van der Waals surface area (Å²) in [7, 11) is 0. The molecule has 2 N–H and O–H groups in total. The molecule has 104 valence electrons. The summed E-state index contributed by atoms with van der Waals surface area (Å²) >= 11 is 3.50. The van der Waals surface area contributed by atoms with Crippen LogP contribution in [0.1, 0.15) is 16.7 Å². The Labute approximate surface area is 126 Å². The smallest absolute Gasteiger partial charge is 0.307 e. The summed E-state index contributed by atoms with van der Waals surface area (Å²) in [5, 5.41) is 12.3. The molecular weight excluding hydrogens is 318 g/mol. The van der Waals surface area contributed by atoms with Crippen LogP contribution in [0.2, 0.25) is 0 Å². The Morgan fingerprint density at radius 2 is 1.95 bits per heavy atom. The fraction of sp³-hybridized carbons (Fsp3) is 0.188. The van der Waals surface area contributed by atoms with Crippen LogP contribution >= 0.6 is 15.9 Å². The van der Waals surface area contributed by atoms with Gasteiger partial charge in [-0.25, -0.2) is 0 Å². The van der Waals surface area contributed by atoms with Gasteiger partial charge in [-0.2, -0.15) is 0 Å². The van der Waals surface area contributed by atoms with Crippen molar-refractivity contribution in [3.05, 3.63) is 57.6 Å². The second-order valence-corrected chi connectivity index (χ2v) is 5.67. The fourth-order valence-electron chi connectivity index (χ4n) is 1.98. The lowest BCUT2D eigenvalue weighted by Gasteiger charge is -2.13. The van der Waals surface area contributed by atoms with Crippen molar-refractivity contribution >= 4 is 33.3 Å². The fourth-order valence-corrected chi connectivity index (χ4v) is 2.36. The maximum absolute atomic E-state index is 10.9. The summed E-state index contributed by atoms with van der Waals surface area (Å²) in [6.07, 6.45) is 0.0110. The highest BCUT2D eigenvalue weighted by Crippen LogP contribution is 2.26. The van der Waals surface area contributed by atoms with E-state index >= 15 is 0 Å². The zero-order valence-corrected chi connectivity index (χ0v) is 13.0. The number of aliphatic carboxylic acids is 1. The van der Waals surface area contributed by atoms with Crippen LogP contribution in [-0.4, -0.2) is 11.1 Å². The number of carboxylic acid groups (broad SMARTS) is 1. The Kier molecular flexibility index (Phi) is 4.45. The van der Waals surface area contributed by atoms with E-state index < -0.39 is 5.97 Å². The first-order valence-corrected chi connectivity index (χ1v) is 7.09. The monoisotopic (exact) mass is 333 g/mol. The lowest BCUT2D eigenvalue weighted by atomic mass is 10.1. The van der Waals surface area contributed by atoms with Crippen molar-refractivity contribution in [2.45, 2.75) is 20.3 Å². The number of anilines is 2. The molecule has 3 nitrogen and oxygen atoms in total. The number of benzene rings is 2. The summed E-state index contributed by atoms with van der Waals surface area (Å²) in [5.41, 5.74) is 4.75. The third kappa shape index (κ3) is 3.61. The molecule has 0 aliphatic carbocycles. The lowest BCUT2D eigenvalue weighted by molar-refractivity contribution is -0.136. The second-order valence-electron chi connectivity index (χ2n) is 4.82. The quantitative estimate of drug-likeness (QED) is 0.869. The average Bonchev–Trinajstić information content (AvgIpc) is 2.36. The van der Waals surface area contributed by atoms with E-state index in [2.05, 4.69) is 21.2 Å². The molecule has 0 bridgehead atoms. The van der Waals surface area contributed by atoms with E-state index in [0.717, 1.165) is 32.5 Å². The zero-order valence-electron chi connectivity index (χ0n) is 11.4. The van der Waals surface area contributed by atoms with Crippen LogP contribution in [0.15, 0.2) is 40.9 Å².